The third-order valence-electron chi connectivity index (χ3n) is 4.29. The molecule has 1 aliphatic heterocycles. The van der Waals surface area contributed by atoms with Crippen LogP contribution in [0.15, 0.2) is 24.3 Å². The molecule has 1 heterocycles. The quantitative estimate of drug-likeness (QED) is 0.871. The molecule has 132 valence electrons. The molecule has 1 N–H and O–H groups in total. The van der Waals surface area contributed by atoms with E-state index in [9.17, 15) is 9.59 Å². The molecule has 0 aromatic heterocycles. The Hall–Kier alpha value is -2.04. The standard InChI is InChI=1S/C19H28N2O3/c1-4-18(22)21-11-9-15(10-12-21)13-24-17-7-5-16(6-8-17)19(23)20-14(2)3/h5-8,14-15H,4,9-13H2,1-3H3,(H,20,23). The van der Waals surface area contributed by atoms with Gasteiger partial charge in [0.1, 0.15) is 5.75 Å². The minimum Gasteiger partial charge on any atom is -0.493 e. The Kier molecular flexibility index (Phi) is 6.64. The number of carbonyl (C=O) groups excluding carboxylic acids is 2. The lowest BCUT2D eigenvalue weighted by Crippen LogP contribution is -2.39. The maximum Gasteiger partial charge on any atom is 0.251 e. The molecule has 5 nitrogen and oxygen atoms in total. The van der Waals surface area contributed by atoms with Crippen LogP contribution in [0.25, 0.3) is 0 Å². The van der Waals surface area contributed by atoms with E-state index in [1.54, 1.807) is 12.1 Å². The fourth-order valence-corrected chi connectivity index (χ4v) is 2.83. The van der Waals surface area contributed by atoms with E-state index in [4.69, 9.17) is 4.74 Å². The Balaban J connectivity index is 1.77. The highest BCUT2D eigenvalue weighted by molar-refractivity contribution is 5.94. The largest absolute Gasteiger partial charge is 0.493 e. The summed E-state index contributed by atoms with van der Waals surface area (Å²) in [5.41, 5.74) is 0.641. The van der Waals surface area contributed by atoms with Gasteiger partial charge in [-0.2, -0.15) is 0 Å². The Morgan fingerprint density at radius 2 is 1.83 bits per heavy atom. The van der Waals surface area contributed by atoms with E-state index >= 15 is 0 Å². The number of hydrogen-bond acceptors (Lipinski definition) is 3. The first kappa shape index (κ1) is 18.3. The number of piperidine rings is 1. The first-order valence-corrected chi connectivity index (χ1v) is 8.81. The predicted molar refractivity (Wildman–Crippen MR) is 94.1 cm³/mol. The third kappa shape index (κ3) is 5.25. The number of rotatable bonds is 6. The summed E-state index contributed by atoms with van der Waals surface area (Å²) in [6.45, 7) is 8.10. The molecule has 0 saturated carbocycles. The summed E-state index contributed by atoms with van der Waals surface area (Å²) in [6, 6.07) is 7.38. The minimum atomic E-state index is -0.0653. The van der Waals surface area contributed by atoms with Crippen molar-refractivity contribution in [1.82, 2.24) is 10.2 Å². The molecule has 0 bridgehead atoms. The van der Waals surface area contributed by atoms with Crippen LogP contribution in [-0.2, 0) is 4.79 Å². The molecule has 1 aromatic rings. The summed E-state index contributed by atoms with van der Waals surface area (Å²) in [5, 5.41) is 2.87. The van der Waals surface area contributed by atoms with Crippen molar-refractivity contribution >= 4 is 11.8 Å². The third-order valence-corrected chi connectivity index (χ3v) is 4.29. The first-order valence-electron chi connectivity index (χ1n) is 8.81. The van der Waals surface area contributed by atoms with Gasteiger partial charge in [0.05, 0.1) is 6.61 Å². The van der Waals surface area contributed by atoms with Gasteiger partial charge in [-0.05, 0) is 56.9 Å². The molecule has 1 saturated heterocycles. The van der Waals surface area contributed by atoms with Crippen LogP contribution in [-0.4, -0.2) is 42.5 Å². The van der Waals surface area contributed by atoms with Gasteiger partial charge in [0, 0.05) is 31.1 Å². The van der Waals surface area contributed by atoms with Gasteiger partial charge in [0.2, 0.25) is 5.91 Å². The molecule has 2 amide bonds. The zero-order valence-corrected chi connectivity index (χ0v) is 14.9. The van der Waals surface area contributed by atoms with Crippen LogP contribution < -0.4 is 10.1 Å². The van der Waals surface area contributed by atoms with E-state index < -0.39 is 0 Å². The molecule has 0 unspecified atom stereocenters. The Labute approximate surface area is 144 Å². The Bertz CT molecular complexity index is 546. The van der Waals surface area contributed by atoms with Crippen LogP contribution in [0.5, 0.6) is 5.75 Å². The lowest BCUT2D eigenvalue weighted by atomic mass is 9.97. The van der Waals surface area contributed by atoms with Crippen molar-refractivity contribution < 1.29 is 14.3 Å². The number of benzene rings is 1. The van der Waals surface area contributed by atoms with Gasteiger partial charge >= 0.3 is 0 Å². The fourth-order valence-electron chi connectivity index (χ4n) is 2.83. The van der Waals surface area contributed by atoms with E-state index in [1.807, 2.05) is 37.8 Å². The smallest absolute Gasteiger partial charge is 0.251 e. The highest BCUT2D eigenvalue weighted by Crippen LogP contribution is 2.20. The van der Waals surface area contributed by atoms with Crippen LogP contribution in [0, 0.1) is 5.92 Å². The van der Waals surface area contributed by atoms with Gasteiger partial charge in [-0.25, -0.2) is 0 Å². The SMILES string of the molecule is CCC(=O)N1CCC(COc2ccc(C(=O)NC(C)C)cc2)CC1. The molecule has 0 aliphatic carbocycles. The van der Waals surface area contributed by atoms with E-state index in [0.717, 1.165) is 31.7 Å². The van der Waals surface area contributed by atoms with Crippen LogP contribution >= 0.6 is 0 Å². The summed E-state index contributed by atoms with van der Waals surface area (Å²) in [5.74, 6) is 1.44. The van der Waals surface area contributed by atoms with Crippen molar-refractivity contribution in [3.8, 4) is 5.75 Å². The Morgan fingerprint density at radius 3 is 2.38 bits per heavy atom. The van der Waals surface area contributed by atoms with E-state index in [-0.39, 0.29) is 17.9 Å². The summed E-state index contributed by atoms with van der Waals surface area (Å²) < 4.78 is 5.85. The summed E-state index contributed by atoms with van der Waals surface area (Å²) in [7, 11) is 0. The van der Waals surface area contributed by atoms with Gasteiger partial charge < -0.3 is 15.0 Å². The molecule has 5 heteroatoms. The number of amides is 2. The molecule has 0 spiro atoms. The first-order chi connectivity index (χ1) is 11.5. The lowest BCUT2D eigenvalue weighted by Gasteiger charge is -2.31. The number of hydrogen-bond donors (Lipinski definition) is 1. The van der Waals surface area contributed by atoms with Gasteiger partial charge in [-0.15, -0.1) is 0 Å². The van der Waals surface area contributed by atoms with Crippen molar-refractivity contribution in [2.24, 2.45) is 5.92 Å². The summed E-state index contributed by atoms with van der Waals surface area (Å²) >= 11 is 0. The monoisotopic (exact) mass is 332 g/mol. The van der Waals surface area contributed by atoms with Crippen LogP contribution in [0.2, 0.25) is 0 Å². The van der Waals surface area contributed by atoms with Crippen LogP contribution in [0.4, 0.5) is 0 Å². The molecule has 1 fully saturated rings. The van der Waals surface area contributed by atoms with Gasteiger partial charge in [-0.3, -0.25) is 9.59 Å². The van der Waals surface area contributed by atoms with Crippen molar-refractivity contribution in [2.75, 3.05) is 19.7 Å². The second kappa shape index (κ2) is 8.71. The number of nitrogens with one attached hydrogen (secondary N) is 1. The molecule has 2 rings (SSSR count). The van der Waals surface area contributed by atoms with Gasteiger partial charge in [0.25, 0.3) is 5.91 Å². The van der Waals surface area contributed by atoms with Crippen molar-refractivity contribution in [3.05, 3.63) is 29.8 Å². The van der Waals surface area contributed by atoms with Gasteiger partial charge in [0.15, 0.2) is 0 Å². The molecule has 0 atom stereocenters. The van der Waals surface area contributed by atoms with Crippen LogP contribution in [0.3, 0.4) is 0 Å². The molecular formula is C19H28N2O3. The molecule has 1 aliphatic rings. The lowest BCUT2D eigenvalue weighted by molar-refractivity contribution is -0.132. The number of nitrogens with zero attached hydrogens (tertiary/aromatic N) is 1. The maximum absolute atomic E-state index is 11.9. The van der Waals surface area contributed by atoms with Crippen LogP contribution in [0.1, 0.15) is 50.4 Å². The molecule has 1 aromatic carbocycles. The summed E-state index contributed by atoms with van der Waals surface area (Å²) in [6.07, 6.45) is 2.55. The molecular weight excluding hydrogens is 304 g/mol. The average Bonchev–Trinajstić information content (AvgIpc) is 2.59. The topological polar surface area (TPSA) is 58.6 Å². The summed E-state index contributed by atoms with van der Waals surface area (Å²) in [4.78, 5) is 25.5. The average molecular weight is 332 g/mol. The number of likely N-dealkylation sites (tertiary alicyclic amines) is 1. The zero-order chi connectivity index (χ0) is 17.5. The van der Waals surface area contributed by atoms with Gasteiger partial charge in [-0.1, -0.05) is 6.92 Å². The fraction of sp³-hybridized carbons (Fsp3) is 0.579. The predicted octanol–water partition coefficient (Wildman–Crippen LogP) is 2.85. The van der Waals surface area contributed by atoms with Crippen molar-refractivity contribution in [2.45, 2.75) is 46.1 Å². The van der Waals surface area contributed by atoms with E-state index in [1.165, 1.54) is 0 Å². The second-order valence-electron chi connectivity index (χ2n) is 6.64. The zero-order valence-electron chi connectivity index (χ0n) is 14.9. The second-order valence-corrected chi connectivity index (χ2v) is 6.64. The molecule has 0 radical (unpaired) electrons. The normalized spacial score (nSPS) is 15.4. The number of carbonyl (C=O) groups is 2. The number of ether oxygens (including phenoxy) is 1. The highest BCUT2D eigenvalue weighted by Gasteiger charge is 2.22. The van der Waals surface area contributed by atoms with Crippen molar-refractivity contribution in [1.29, 1.82) is 0 Å². The maximum atomic E-state index is 11.9. The van der Waals surface area contributed by atoms with E-state index in [0.29, 0.717) is 24.5 Å². The molecule has 24 heavy (non-hydrogen) atoms. The van der Waals surface area contributed by atoms with Crippen molar-refractivity contribution in [3.63, 3.8) is 0 Å². The minimum absolute atomic E-state index is 0.0653. The Morgan fingerprint density at radius 1 is 1.21 bits per heavy atom. The highest BCUT2D eigenvalue weighted by atomic mass is 16.5. The van der Waals surface area contributed by atoms with E-state index in [2.05, 4.69) is 5.32 Å².